The van der Waals surface area contributed by atoms with Gasteiger partial charge in [0.25, 0.3) is 5.91 Å². The van der Waals surface area contributed by atoms with E-state index in [0.717, 1.165) is 69.4 Å². The molecular weight excluding hydrogens is 623 g/mol. The molecule has 3 aromatic carbocycles. The summed E-state index contributed by atoms with van der Waals surface area (Å²) in [5.74, 6) is -1.34. The topological polar surface area (TPSA) is 137 Å². The molecule has 2 heterocycles. The Morgan fingerprint density at radius 1 is 0.935 bits per heavy atom. The number of nitrogens with zero attached hydrogens (tertiary/aromatic N) is 4. The number of primary amides is 2. The lowest BCUT2D eigenvalue weighted by molar-refractivity contribution is -0.123. The van der Waals surface area contributed by atoms with Crippen LogP contribution in [0.15, 0.2) is 54.6 Å². The van der Waals surface area contributed by atoms with Crippen molar-refractivity contribution in [2.75, 3.05) is 45.8 Å². The van der Waals surface area contributed by atoms with Crippen molar-refractivity contribution in [3.8, 4) is 6.07 Å². The van der Waals surface area contributed by atoms with E-state index >= 15 is 0 Å². The van der Waals surface area contributed by atoms with Crippen LogP contribution in [0, 0.1) is 17.2 Å². The monoisotopic (exact) mass is 662 g/mol. The summed E-state index contributed by atoms with van der Waals surface area (Å²) in [6.45, 7) is 4.49. The van der Waals surface area contributed by atoms with Crippen LogP contribution in [-0.2, 0) is 9.59 Å². The summed E-state index contributed by atoms with van der Waals surface area (Å²) >= 11 is 12.7. The van der Waals surface area contributed by atoms with Crippen LogP contribution in [0.2, 0.25) is 10.0 Å². The smallest absolute Gasteiger partial charge is 0.255 e. The summed E-state index contributed by atoms with van der Waals surface area (Å²) in [6, 6.07) is 18.9. The van der Waals surface area contributed by atoms with Gasteiger partial charge in [0.15, 0.2) is 0 Å². The van der Waals surface area contributed by atoms with E-state index in [0.29, 0.717) is 39.0 Å². The Morgan fingerprint density at radius 3 is 2.30 bits per heavy atom. The van der Waals surface area contributed by atoms with Gasteiger partial charge in [0.1, 0.15) is 0 Å². The van der Waals surface area contributed by atoms with E-state index in [1.54, 1.807) is 18.2 Å². The lowest BCUT2D eigenvalue weighted by Gasteiger charge is -2.41. The molecule has 9 nitrogen and oxygen atoms in total. The predicted octanol–water partition coefficient (Wildman–Crippen LogP) is 4.78. The van der Waals surface area contributed by atoms with Gasteiger partial charge in [0.05, 0.1) is 28.2 Å². The average Bonchev–Trinajstić information content (AvgIpc) is 3.06. The molecule has 242 valence electrons. The van der Waals surface area contributed by atoms with E-state index in [4.69, 9.17) is 34.7 Å². The van der Waals surface area contributed by atoms with Gasteiger partial charge in [-0.25, -0.2) is 0 Å². The van der Waals surface area contributed by atoms with E-state index in [9.17, 15) is 19.6 Å². The molecule has 3 aromatic rings. The van der Waals surface area contributed by atoms with Crippen molar-refractivity contribution >= 4 is 51.7 Å². The molecule has 0 aliphatic carbocycles. The Labute approximate surface area is 280 Å². The lowest BCUT2D eigenvalue weighted by atomic mass is 9.92. The predicted molar refractivity (Wildman–Crippen MR) is 181 cm³/mol. The zero-order valence-corrected chi connectivity index (χ0v) is 27.3. The van der Waals surface area contributed by atoms with Gasteiger partial charge in [0, 0.05) is 30.0 Å². The van der Waals surface area contributed by atoms with Crippen molar-refractivity contribution < 1.29 is 14.4 Å². The van der Waals surface area contributed by atoms with Gasteiger partial charge in [-0.1, -0.05) is 53.5 Å². The summed E-state index contributed by atoms with van der Waals surface area (Å²) in [5, 5.41) is 12.0. The number of rotatable bonds is 11. The Bertz CT molecular complexity index is 1630. The number of benzene rings is 3. The van der Waals surface area contributed by atoms with Crippen molar-refractivity contribution in [1.82, 2.24) is 14.7 Å². The molecule has 2 aliphatic heterocycles. The standard InChI is InChI=1S/C35H40Cl2N6O3/c36-31-6-5-25(19-32(31)37)27(7-12-41-13-10-28(11-14-41)42-15-8-24(9-16-42)34(40)45)21-43(22-33(39)44)35(46)30-18-23(20-38)17-26-3-1-2-4-29(26)30/h1-6,17-19,24,27-28H,7-16,21-22H2,(H2,39,44)(H2,40,45)/t27-/m1/s1. The highest BCUT2D eigenvalue weighted by atomic mass is 35.5. The van der Waals surface area contributed by atoms with Crippen LogP contribution in [0.3, 0.4) is 0 Å². The number of carbonyl (C=O) groups is 3. The van der Waals surface area contributed by atoms with Gasteiger partial charge in [-0.2, -0.15) is 5.26 Å². The van der Waals surface area contributed by atoms with Crippen LogP contribution in [0.5, 0.6) is 0 Å². The van der Waals surface area contributed by atoms with Gasteiger partial charge in [-0.15, -0.1) is 0 Å². The third kappa shape index (κ3) is 8.18. The number of piperidine rings is 2. The van der Waals surface area contributed by atoms with Crippen LogP contribution in [-0.4, -0.2) is 84.3 Å². The highest BCUT2D eigenvalue weighted by Gasteiger charge is 2.31. The maximum absolute atomic E-state index is 14.1. The van der Waals surface area contributed by atoms with Crippen molar-refractivity contribution in [2.24, 2.45) is 17.4 Å². The Morgan fingerprint density at radius 2 is 1.65 bits per heavy atom. The molecule has 4 N–H and O–H groups in total. The van der Waals surface area contributed by atoms with Crippen LogP contribution in [0.25, 0.3) is 10.8 Å². The molecule has 0 spiro atoms. The van der Waals surface area contributed by atoms with Crippen molar-refractivity contribution in [3.63, 3.8) is 0 Å². The highest BCUT2D eigenvalue weighted by molar-refractivity contribution is 6.42. The quantitative estimate of drug-likeness (QED) is 0.303. The second kappa shape index (κ2) is 15.3. The molecule has 0 unspecified atom stereocenters. The molecule has 0 radical (unpaired) electrons. The lowest BCUT2D eigenvalue weighted by Crippen LogP contribution is -2.49. The van der Waals surface area contributed by atoms with Gasteiger partial charge >= 0.3 is 0 Å². The molecule has 1 atom stereocenters. The van der Waals surface area contributed by atoms with Crippen LogP contribution < -0.4 is 11.5 Å². The first-order valence-corrected chi connectivity index (χ1v) is 16.6. The molecule has 2 fully saturated rings. The number of carbonyl (C=O) groups excluding carboxylic acids is 3. The fourth-order valence-corrected chi connectivity index (χ4v) is 7.23. The maximum Gasteiger partial charge on any atom is 0.255 e. The van der Waals surface area contributed by atoms with Crippen molar-refractivity contribution in [1.29, 1.82) is 5.26 Å². The van der Waals surface area contributed by atoms with Crippen LogP contribution in [0.1, 0.15) is 59.5 Å². The van der Waals surface area contributed by atoms with E-state index in [1.807, 2.05) is 36.4 Å². The summed E-state index contributed by atoms with van der Waals surface area (Å²) in [5.41, 5.74) is 12.8. The van der Waals surface area contributed by atoms with Gasteiger partial charge in [-0.05, 0) is 105 Å². The number of hydrogen-bond donors (Lipinski definition) is 2. The molecule has 2 aliphatic rings. The van der Waals surface area contributed by atoms with Gasteiger partial charge in [-0.3, -0.25) is 14.4 Å². The third-order valence-electron chi connectivity index (χ3n) is 9.51. The Hall–Kier alpha value is -3.68. The number of nitriles is 1. The summed E-state index contributed by atoms with van der Waals surface area (Å²) in [6.07, 6.45) is 4.48. The van der Waals surface area contributed by atoms with Gasteiger partial charge in [0.2, 0.25) is 11.8 Å². The zero-order chi connectivity index (χ0) is 32.8. The molecule has 46 heavy (non-hydrogen) atoms. The van der Waals surface area contributed by atoms with Gasteiger partial charge < -0.3 is 26.2 Å². The Kier molecular flexibility index (Phi) is 11.2. The molecule has 0 bridgehead atoms. The minimum absolute atomic E-state index is 0.00957. The molecule has 5 rings (SSSR count). The minimum Gasteiger partial charge on any atom is -0.369 e. The average molecular weight is 664 g/mol. The molecule has 3 amide bonds. The first-order valence-electron chi connectivity index (χ1n) is 15.8. The molecule has 2 saturated heterocycles. The normalized spacial score (nSPS) is 17.4. The first-order chi connectivity index (χ1) is 22.1. The molecular formula is C35H40Cl2N6O3. The van der Waals surface area contributed by atoms with E-state index in [2.05, 4.69) is 15.9 Å². The molecule has 0 saturated carbocycles. The maximum atomic E-state index is 14.1. The number of nitrogens with two attached hydrogens (primary N) is 2. The second-order valence-electron chi connectivity index (χ2n) is 12.5. The fourth-order valence-electron chi connectivity index (χ4n) is 6.92. The van der Waals surface area contributed by atoms with Crippen molar-refractivity contribution in [2.45, 2.75) is 44.1 Å². The number of likely N-dealkylation sites (tertiary alicyclic amines) is 2. The highest BCUT2D eigenvalue weighted by Crippen LogP contribution is 2.31. The first kappa shape index (κ1) is 33.7. The SMILES string of the molecule is N#Cc1cc(C(=O)N(CC(N)=O)C[C@@H](CCN2CCC(N3CCC(C(N)=O)CC3)CC2)c2ccc(Cl)c(Cl)c2)c2ccccc2c1. The number of fused-ring (bicyclic) bond motifs is 1. The number of amides is 3. The second-order valence-corrected chi connectivity index (χ2v) is 13.3. The summed E-state index contributed by atoms with van der Waals surface area (Å²) < 4.78 is 0. The van der Waals surface area contributed by atoms with E-state index < -0.39 is 5.91 Å². The van der Waals surface area contributed by atoms with E-state index in [1.165, 1.54) is 4.90 Å². The van der Waals surface area contributed by atoms with Crippen LogP contribution >= 0.6 is 23.2 Å². The molecule has 11 heteroatoms. The van der Waals surface area contributed by atoms with Crippen LogP contribution in [0.4, 0.5) is 0 Å². The Balaban J connectivity index is 1.32. The largest absolute Gasteiger partial charge is 0.369 e. The summed E-state index contributed by atoms with van der Waals surface area (Å²) in [4.78, 5) is 44.4. The van der Waals surface area contributed by atoms with E-state index in [-0.39, 0.29) is 36.7 Å². The summed E-state index contributed by atoms with van der Waals surface area (Å²) in [7, 11) is 0. The minimum atomic E-state index is -0.621. The molecule has 0 aromatic heterocycles. The fraction of sp³-hybridized carbons (Fsp3) is 0.429. The van der Waals surface area contributed by atoms with Crippen molar-refractivity contribution in [3.05, 3.63) is 81.3 Å². The number of halogens is 2. The zero-order valence-electron chi connectivity index (χ0n) is 25.8. The third-order valence-corrected chi connectivity index (χ3v) is 10.2. The number of hydrogen-bond acceptors (Lipinski definition) is 6.